The van der Waals surface area contributed by atoms with Crippen LogP contribution in [0.25, 0.3) is 0 Å². The summed E-state index contributed by atoms with van der Waals surface area (Å²) in [5.41, 5.74) is -4.26. The molecule has 0 saturated carbocycles. The Morgan fingerprint density at radius 1 is 1.24 bits per heavy atom. The van der Waals surface area contributed by atoms with Crippen molar-refractivity contribution in [2.45, 2.75) is 32.2 Å². The van der Waals surface area contributed by atoms with Gasteiger partial charge in [-0.15, -0.1) is 0 Å². The third-order valence-electron chi connectivity index (χ3n) is 4.13. The van der Waals surface area contributed by atoms with E-state index in [1.165, 1.54) is 6.92 Å². The minimum atomic E-state index is -5.12. The lowest BCUT2D eigenvalue weighted by molar-refractivity contribution is -0.142. The van der Waals surface area contributed by atoms with Crippen LogP contribution < -0.4 is 0 Å². The van der Waals surface area contributed by atoms with Crippen molar-refractivity contribution in [3.63, 3.8) is 0 Å². The predicted octanol–water partition coefficient (Wildman–Crippen LogP) is 4.96. The Morgan fingerprint density at radius 3 is 2.34 bits per heavy atom. The number of hydrogen-bond donors (Lipinski definition) is 0. The normalized spacial score (nSPS) is 20.2. The fourth-order valence-corrected chi connectivity index (χ4v) is 2.88. The molecule has 0 spiro atoms. The lowest BCUT2D eigenvalue weighted by Gasteiger charge is -2.36. The van der Waals surface area contributed by atoms with Crippen LogP contribution in [0.1, 0.15) is 36.6 Å². The maximum absolute atomic E-state index is 13.5. The molecule has 1 aliphatic rings. The zero-order valence-electron chi connectivity index (χ0n) is 14.9. The van der Waals surface area contributed by atoms with Crippen LogP contribution in [0.15, 0.2) is 23.2 Å². The van der Waals surface area contributed by atoms with E-state index in [2.05, 4.69) is 9.73 Å². The highest BCUT2D eigenvalue weighted by Gasteiger charge is 2.47. The second kappa shape index (κ2) is 7.73. The van der Waals surface area contributed by atoms with Gasteiger partial charge in [0, 0.05) is 5.71 Å². The Kier molecular flexibility index (Phi) is 5.91. The van der Waals surface area contributed by atoms with Crippen molar-refractivity contribution >= 4 is 17.8 Å². The molecule has 0 saturated heterocycles. The first-order valence-electron chi connectivity index (χ1n) is 8.06. The van der Waals surface area contributed by atoms with Crippen molar-refractivity contribution in [2.75, 3.05) is 6.61 Å². The van der Waals surface area contributed by atoms with E-state index in [0.717, 1.165) is 6.92 Å². The Hall–Kier alpha value is -3.10. The van der Waals surface area contributed by atoms with Gasteiger partial charge in [0.05, 0.1) is 29.8 Å². The number of ether oxygens (including phenoxy) is 1. The second-order valence-corrected chi connectivity index (χ2v) is 5.95. The molecule has 0 fully saturated rings. The smallest absolute Gasteiger partial charge is 0.418 e. The molecule has 29 heavy (non-hydrogen) atoms. The topological polar surface area (TPSA) is 82.8 Å². The first kappa shape index (κ1) is 22.2. The summed E-state index contributed by atoms with van der Waals surface area (Å²) in [5.74, 6) is -1.61. The van der Waals surface area contributed by atoms with Crippen LogP contribution in [-0.2, 0) is 17.1 Å². The average Bonchev–Trinajstić information content (AvgIpc) is 2.59. The van der Waals surface area contributed by atoms with E-state index in [4.69, 9.17) is 0 Å². The first-order chi connectivity index (χ1) is 13.3. The minimum absolute atomic E-state index is 0.134. The van der Waals surface area contributed by atoms with Gasteiger partial charge >= 0.3 is 24.5 Å². The predicted molar refractivity (Wildman–Crippen MR) is 85.7 cm³/mol. The van der Waals surface area contributed by atoms with Crippen molar-refractivity contribution in [1.29, 1.82) is 5.26 Å². The van der Waals surface area contributed by atoms with Gasteiger partial charge in [-0.25, -0.2) is 19.5 Å². The molecule has 1 heterocycles. The van der Waals surface area contributed by atoms with E-state index in [9.17, 15) is 41.2 Å². The second-order valence-electron chi connectivity index (χ2n) is 5.95. The van der Waals surface area contributed by atoms with E-state index in [0.29, 0.717) is 0 Å². The van der Waals surface area contributed by atoms with Gasteiger partial charge in [0.1, 0.15) is 5.92 Å². The molecule has 12 heteroatoms. The summed E-state index contributed by atoms with van der Waals surface area (Å²) >= 11 is 0. The summed E-state index contributed by atoms with van der Waals surface area (Å²) in [7, 11) is 0. The molecule has 0 aromatic heterocycles. The molecule has 0 bridgehead atoms. The average molecular weight is 421 g/mol. The number of aliphatic imine (C=N–C) groups is 1. The lowest BCUT2D eigenvalue weighted by atomic mass is 9.84. The molecule has 2 unspecified atom stereocenters. The number of urea groups is 1. The summed E-state index contributed by atoms with van der Waals surface area (Å²) in [4.78, 5) is 28.0. The van der Waals surface area contributed by atoms with Crippen LogP contribution in [0.3, 0.4) is 0 Å². The zero-order valence-corrected chi connectivity index (χ0v) is 14.9. The third-order valence-corrected chi connectivity index (χ3v) is 4.13. The quantitative estimate of drug-likeness (QED) is 0.632. The van der Waals surface area contributed by atoms with E-state index in [-0.39, 0.29) is 35.4 Å². The molecule has 3 amide bonds. The van der Waals surface area contributed by atoms with Gasteiger partial charge in [-0.2, -0.15) is 31.6 Å². The lowest BCUT2D eigenvalue weighted by Crippen LogP contribution is -2.47. The molecule has 1 aromatic carbocycles. The fourth-order valence-electron chi connectivity index (χ4n) is 2.88. The summed E-state index contributed by atoms with van der Waals surface area (Å²) < 4.78 is 84.6. The fraction of sp³-hybridized carbons (Fsp3) is 0.412. The Morgan fingerprint density at radius 2 is 1.86 bits per heavy atom. The summed E-state index contributed by atoms with van der Waals surface area (Å²) in [6.45, 7) is 2.23. The van der Waals surface area contributed by atoms with E-state index < -0.39 is 53.1 Å². The van der Waals surface area contributed by atoms with Crippen molar-refractivity contribution < 1.29 is 40.7 Å². The molecular formula is C17H13F6N3O3. The SMILES string of the molecule is CCOC(=O)N1C(=O)N=C(C)C(C#N)C1c1cc(C(F)(F)F)ccc1C(F)(F)F. The highest BCUT2D eigenvalue weighted by atomic mass is 19.4. The number of nitriles is 1. The van der Waals surface area contributed by atoms with Crippen LogP contribution in [0.5, 0.6) is 0 Å². The summed E-state index contributed by atoms with van der Waals surface area (Å²) in [6, 6.07) is -1.15. The Labute approximate surface area is 160 Å². The van der Waals surface area contributed by atoms with Crippen LogP contribution in [0.2, 0.25) is 0 Å². The van der Waals surface area contributed by atoms with Crippen molar-refractivity contribution in [2.24, 2.45) is 10.9 Å². The highest BCUT2D eigenvalue weighted by molar-refractivity contribution is 6.04. The first-order valence-corrected chi connectivity index (χ1v) is 8.06. The Balaban J connectivity index is 2.83. The van der Waals surface area contributed by atoms with E-state index in [1.807, 2.05) is 0 Å². The maximum Gasteiger partial charge on any atom is 0.418 e. The third kappa shape index (κ3) is 4.33. The number of alkyl halides is 6. The van der Waals surface area contributed by atoms with Gasteiger partial charge in [-0.05, 0) is 37.6 Å². The molecule has 2 rings (SSSR count). The number of amides is 3. The molecule has 1 aromatic rings. The van der Waals surface area contributed by atoms with Crippen LogP contribution in [0, 0.1) is 17.2 Å². The van der Waals surface area contributed by atoms with Crippen LogP contribution in [0.4, 0.5) is 35.9 Å². The molecule has 0 radical (unpaired) electrons. The summed E-state index contributed by atoms with van der Waals surface area (Å²) in [6.07, 6.45) is -11.5. The number of rotatable bonds is 2. The highest BCUT2D eigenvalue weighted by Crippen LogP contribution is 2.43. The maximum atomic E-state index is 13.5. The van der Waals surface area contributed by atoms with Gasteiger partial charge < -0.3 is 4.74 Å². The van der Waals surface area contributed by atoms with Crippen LogP contribution >= 0.6 is 0 Å². The van der Waals surface area contributed by atoms with Crippen LogP contribution in [-0.4, -0.2) is 29.3 Å². The number of carbonyl (C=O) groups excluding carboxylic acids is 2. The van der Waals surface area contributed by atoms with Crippen molar-refractivity contribution in [1.82, 2.24) is 4.90 Å². The van der Waals surface area contributed by atoms with Crippen molar-refractivity contribution in [3.05, 3.63) is 34.9 Å². The Bertz CT molecular complexity index is 901. The van der Waals surface area contributed by atoms with Gasteiger partial charge in [-0.3, -0.25) is 0 Å². The number of hydrogen-bond acceptors (Lipinski definition) is 4. The van der Waals surface area contributed by atoms with Crippen molar-refractivity contribution in [3.8, 4) is 6.07 Å². The molecule has 156 valence electrons. The number of halogens is 6. The minimum Gasteiger partial charge on any atom is -0.449 e. The largest absolute Gasteiger partial charge is 0.449 e. The number of imide groups is 1. The standard InChI is InChI=1S/C17H13F6N3O3/c1-3-29-15(28)26-13(11(7-24)8(2)25-14(26)27)10-6-9(16(18,19)20)4-5-12(10)17(21,22)23/h4-6,11,13H,3H2,1-2H3. The van der Waals surface area contributed by atoms with Gasteiger partial charge in [0.25, 0.3) is 0 Å². The molecule has 2 atom stereocenters. The monoisotopic (exact) mass is 421 g/mol. The van der Waals surface area contributed by atoms with Gasteiger partial charge in [-0.1, -0.05) is 0 Å². The molecule has 0 N–H and O–H groups in total. The number of benzene rings is 1. The molecule has 0 aliphatic carbocycles. The zero-order chi connectivity index (χ0) is 22.1. The van der Waals surface area contributed by atoms with Gasteiger partial charge in [0.15, 0.2) is 0 Å². The molecular weight excluding hydrogens is 408 g/mol. The number of carbonyl (C=O) groups is 2. The number of nitrogens with zero attached hydrogens (tertiary/aromatic N) is 3. The summed E-state index contributed by atoms with van der Waals surface area (Å²) in [5, 5.41) is 9.41. The molecule has 6 nitrogen and oxygen atoms in total. The molecule has 1 aliphatic heterocycles. The van der Waals surface area contributed by atoms with Gasteiger partial charge in [0.2, 0.25) is 0 Å². The van der Waals surface area contributed by atoms with E-state index >= 15 is 0 Å². The van der Waals surface area contributed by atoms with E-state index in [1.54, 1.807) is 6.07 Å².